The number of aromatic nitrogens is 1. The van der Waals surface area contributed by atoms with Crippen LogP contribution in [0.2, 0.25) is 0 Å². The minimum Gasteiger partial charge on any atom is -0.494 e. The number of anilines is 1. The summed E-state index contributed by atoms with van der Waals surface area (Å²) in [6.07, 6.45) is 5.79. The molecule has 170 valence electrons. The summed E-state index contributed by atoms with van der Waals surface area (Å²) in [5, 5.41) is 8.46. The molecule has 32 heavy (non-hydrogen) atoms. The standard InChI is InChI=1S/C25H29N3O3.ClH/c29-24-10-8-18-7-9-20(17-22(18)26-24)30-16-4-3-13-28-14-11-19(12-15-28)25-21-5-1-2-6-23(21)31-27-25;/h1-2,5-7,9,17,19H,3-4,8,10-16H2,(H,26,29);1H. The number of para-hydroxylation sites is 1. The van der Waals surface area contributed by atoms with Crippen molar-refractivity contribution in [2.45, 2.75) is 44.4 Å². The molecule has 1 fully saturated rings. The van der Waals surface area contributed by atoms with Crippen LogP contribution in [0.5, 0.6) is 5.75 Å². The van der Waals surface area contributed by atoms with Gasteiger partial charge in [-0.05, 0) is 75.5 Å². The van der Waals surface area contributed by atoms with E-state index in [0.29, 0.717) is 18.9 Å². The molecule has 6 nitrogen and oxygen atoms in total. The molecular formula is C25H30ClN3O3. The van der Waals surface area contributed by atoms with Gasteiger partial charge in [0.15, 0.2) is 5.58 Å². The number of hydrogen-bond acceptors (Lipinski definition) is 5. The third-order valence-electron chi connectivity index (χ3n) is 6.49. The first kappa shape index (κ1) is 22.6. The summed E-state index contributed by atoms with van der Waals surface area (Å²) in [7, 11) is 0. The topological polar surface area (TPSA) is 67.6 Å². The highest BCUT2D eigenvalue weighted by atomic mass is 35.5. The predicted octanol–water partition coefficient (Wildman–Crippen LogP) is 5.17. The quantitative estimate of drug-likeness (QED) is 0.497. The number of benzene rings is 2. The van der Waals surface area contributed by atoms with Gasteiger partial charge < -0.3 is 19.5 Å². The van der Waals surface area contributed by atoms with E-state index in [1.54, 1.807) is 0 Å². The smallest absolute Gasteiger partial charge is 0.224 e. The molecular weight excluding hydrogens is 426 g/mol. The van der Waals surface area contributed by atoms with E-state index in [-0.39, 0.29) is 18.3 Å². The molecule has 1 amide bonds. The molecule has 0 spiro atoms. The van der Waals surface area contributed by atoms with Crippen molar-refractivity contribution in [2.24, 2.45) is 0 Å². The SMILES string of the molecule is Cl.O=C1CCc2ccc(OCCCCN3CCC(c4noc5ccccc45)CC3)cc2N1. The van der Waals surface area contributed by atoms with E-state index in [4.69, 9.17) is 9.26 Å². The Morgan fingerprint density at radius 1 is 1.09 bits per heavy atom. The fraction of sp³-hybridized carbons (Fsp3) is 0.440. The highest BCUT2D eigenvalue weighted by Gasteiger charge is 2.24. The molecule has 2 aromatic carbocycles. The van der Waals surface area contributed by atoms with E-state index < -0.39 is 0 Å². The summed E-state index contributed by atoms with van der Waals surface area (Å²) >= 11 is 0. The van der Waals surface area contributed by atoms with Crippen LogP contribution in [0.15, 0.2) is 47.0 Å². The van der Waals surface area contributed by atoms with Crippen LogP contribution in [0, 0.1) is 0 Å². The molecule has 1 N–H and O–H groups in total. The second-order valence-corrected chi connectivity index (χ2v) is 8.60. The number of aryl methyl sites for hydroxylation is 1. The molecule has 0 atom stereocenters. The van der Waals surface area contributed by atoms with Gasteiger partial charge in [-0.1, -0.05) is 23.4 Å². The van der Waals surface area contributed by atoms with Crippen LogP contribution < -0.4 is 10.1 Å². The van der Waals surface area contributed by atoms with E-state index in [0.717, 1.165) is 74.5 Å². The van der Waals surface area contributed by atoms with Crippen LogP contribution in [0.25, 0.3) is 11.0 Å². The molecule has 2 aliphatic rings. The molecule has 0 radical (unpaired) electrons. The number of ether oxygens (including phenoxy) is 1. The fourth-order valence-electron chi connectivity index (χ4n) is 4.70. The number of rotatable bonds is 7. The van der Waals surface area contributed by atoms with Gasteiger partial charge in [-0.15, -0.1) is 12.4 Å². The molecule has 0 aliphatic carbocycles. The van der Waals surface area contributed by atoms with Crippen LogP contribution in [-0.4, -0.2) is 42.2 Å². The number of carbonyl (C=O) groups is 1. The van der Waals surface area contributed by atoms with E-state index in [9.17, 15) is 4.79 Å². The van der Waals surface area contributed by atoms with Crippen molar-refractivity contribution in [3.8, 4) is 5.75 Å². The van der Waals surface area contributed by atoms with Crippen molar-refractivity contribution in [2.75, 3.05) is 31.6 Å². The first-order chi connectivity index (χ1) is 15.3. The molecule has 3 aromatic rings. The number of halogens is 1. The number of unbranched alkanes of at least 4 members (excludes halogenated alkanes) is 1. The molecule has 1 aromatic heterocycles. The number of carbonyl (C=O) groups excluding carboxylic acids is 1. The van der Waals surface area contributed by atoms with Gasteiger partial charge in [0.2, 0.25) is 5.91 Å². The zero-order valence-corrected chi connectivity index (χ0v) is 19.0. The van der Waals surface area contributed by atoms with Crippen molar-refractivity contribution in [3.05, 3.63) is 53.7 Å². The van der Waals surface area contributed by atoms with Crippen molar-refractivity contribution in [1.29, 1.82) is 0 Å². The summed E-state index contributed by atoms with van der Waals surface area (Å²) in [5.74, 6) is 1.42. The monoisotopic (exact) mass is 455 g/mol. The second kappa shape index (κ2) is 10.4. The van der Waals surface area contributed by atoms with Crippen molar-refractivity contribution >= 4 is 35.0 Å². The van der Waals surface area contributed by atoms with Gasteiger partial charge in [-0.25, -0.2) is 0 Å². The van der Waals surface area contributed by atoms with Crippen LogP contribution >= 0.6 is 12.4 Å². The number of nitrogens with one attached hydrogen (secondary N) is 1. The maximum atomic E-state index is 11.6. The van der Waals surface area contributed by atoms with Crippen molar-refractivity contribution in [1.82, 2.24) is 10.1 Å². The minimum atomic E-state index is 0. The Bertz CT molecular complexity index is 1060. The Kier molecular flexibility index (Phi) is 7.33. The van der Waals surface area contributed by atoms with Gasteiger partial charge in [-0.2, -0.15) is 0 Å². The number of amides is 1. The van der Waals surface area contributed by atoms with Gasteiger partial charge in [0.25, 0.3) is 0 Å². The summed E-state index contributed by atoms with van der Waals surface area (Å²) in [4.78, 5) is 14.1. The lowest BCUT2D eigenvalue weighted by Gasteiger charge is -2.31. The zero-order chi connectivity index (χ0) is 21.0. The summed E-state index contributed by atoms with van der Waals surface area (Å²) in [6, 6.07) is 14.2. The molecule has 2 aliphatic heterocycles. The van der Waals surface area contributed by atoms with E-state index >= 15 is 0 Å². The van der Waals surface area contributed by atoms with Gasteiger partial charge in [-0.3, -0.25) is 4.79 Å². The second-order valence-electron chi connectivity index (χ2n) is 8.60. The van der Waals surface area contributed by atoms with Gasteiger partial charge >= 0.3 is 0 Å². The number of hydrogen-bond donors (Lipinski definition) is 1. The number of piperidine rings is 1. The van der Waals surface area contributed by atoms with Crippen LogP contribution in [0.4, 0.5) is 5.69 Å². The summed E-state index contributed by atoms with van der Waals surface area (Å²) in [6.45, 7) is 4.03. The van der Waals surface area contributed by atoms with E-state index in [1.165, 1.54) is 10.9 Å². The largest absolute Gasteiger partial charge is 0.494 e. The summed E-state index contributed by atoms with van der Waals surface area (Å²) in [5.41, 5.74) is 4.11. The minimum absolute atomic E-state index is 0. The lowest BCUT2D eigenvalue weighted by atomic mass is 9.91. The normalized spacial score (nSPS) is 16.9. The van der Waals surface area contributed by atoms with E-state index in [2.05, 4.69) is 33.6 Å². The third kappa shape index (κ3) is 5.08. The number of fused-ring (bicyclic) bond motifs is 2. The van der Waals surface area contributed by atoms with E-state index in [1.807, 2.05) is 24.3 Å². The Morgan fingerprint density at radius 2 is 1.94 bits per heavy atom. The fourth-order valence-corrected chi connectivity index (χ4v) is 4.70. The summed E-state index contributed by atoms with van der Waals surface area (Å²) < 4.78 is 11.4. The molecule has 3 heterocycles. The Labute approximate surface area is 194 Å². The predicted molar refractivity (Wildman–Crippen MR) is 128 cm³/mol. The molecule has 5 rings (SSSR count). The van der Waals surface area contributed by atoms with Gasteiger partial charge in [0.1, 0.15) is 5.75 Å². The molecule has 7 heteroatoms. The number of likely N-dealkylation sites (tertiary alicyclic amines) is 1. The maximum absolute atomic E-state index is 11.6. The average molecular weight is 456 g/mol. The van der Waals surface area contributed by atoms with Crippen LogP contribution in [-0.2, 0) is 11.2 Å². The Morgan fingerprint density at radius 3 is 2.81 bits per heavy atom. The van der Waals surface area contributed by atoms with Crippen LogP contribution in [0.1, 0.15) is 49.3 Å². The highest BCUT2D eigenvalue weighted by molar-refractivity contribution is 5.94. The highest BCUT2D eigenvalue weighted by Crippen LogP contribution is 2.32. The molecule has 1 saturated heterocycles. The first-order valence-electron chi connectivity index (χ1n) is 11.4. The lowest BCUT2D eigenvalue weighted by molar-refractivity contribution is -0.116. The molecule has 0 bridgehead atoms. The van der Waals surface area contributed by atoms with Crippen molar-refractivity contribution < 1.29 is 14.1 Å². The van der Waals surface area contributed by atoms with Crippen molar-refractivity contribution in [3.63, 3.8) is 0 Å². The maximum Gasteiger partial charge on any atom is 0.224 e. The lowest BCUT2D eigenvalue weighted by Crippen LogP contribution is -2.34. The Balaban J connectivity index is 0.00000245. The average Bonchev–Trinajstić information content (AvgIpc) is 3.23. The molecule has 0 unspecified atom stereocenters. The van der Waals surface area contributed by atoms with Gasteiger partial charge in [0, 0.05) is 29.5 Å². The van der Waals surface area contributed by atoms with Gasteiger partial charge in [0.05, 0.1) is 12.3 Å². The zero-order valence-electron chi connectivity index (χ0n) is 18.2. The first-order valence-corrected chi connectivity index (χ1v) is 11.4. The van der Waals surface area contributed by atoms with Crippen LogP contribution in [0.3, 0.4) is 0 Å². The molecule has 0 saturated carbocycles. The third-order valence-corrected chi connectivity index (χ3v) is 6.49. The Hall–Kier alpha value is -2.57. The number of nitrogens with zero attached hydrogens (tertiary/aromatic N) is 2.